The summed E-state index contributed by atoms with van der Waals surface area (Å²) in [5.41, 5.74) is 1.89. The van der Waals surface area contributed by atoms with Crippen molar-refractivity contribution in [1.82, 2.24) is 0 Å². The van der Waals surface area contributed by atoms with E-state index in [-0.39, 0.29) is 22.3 Å². The minimum absolute atomic E-state index is 0.0535. The lowest BCUT2D eigenvalue weighted by atomic mass is 9.86. The van der Waals surface area contributed by atoms with Gasteiger partial charge in [-0.1, -0.05) is 26.8 Å². The summed E-state index contributed by atoms with van der Waals surface area (Å²) in [7, 11) is 0. The molecule has 0 spiro atoms. The van der Waals surface area contributed by atoms with Gasteiger partial charge >= 0.3 is 0 Å². The fourth-order valence-electron chi connectivity index (χ4n) is 2.44. The molecule has 4 nitrogen and oxygen atoms in total. The summed E-state index contributed by atoms with van der Waals surface area (Å²) in [4.78, 5) is 12.4. The lowest BCUT2D eigenvalue weighted by molar-refractivity contribution is 0.404. The van der Waals surface area contributed by atoms with E-state index in [4.69, 9.17) is 4.42 Å². The molecule has 3 rings (SSSR count). The highest BCUT2D eigenvalue weighted by molar-refractivity contribution is 5.80. The van der Waals surface area contributed by atoms with Gasteiger partial charge < -0.3 is 14.6 Å². The van der Waals surface area contributed by atoms with Crippen molar-refractivity contribution in [2.45, 2.75) is 26.2 Å². The van der Waals surface area contributed by atoms with Crippen molar-refractivity contribution in [3.05, 3.63) is 58.3 Å². The van der Waals surface area contributed by atoms with Gasteiger partial charge in [0, 0.05) is 11.6 Å². The Morgan fingerprint density at radius 2 is 1.65 bits per heavy atom. The minimum Gasteiger partial charge on any atom is -0.504 e. The van der Waals surface area contributed by atoms with Crippen LogP contribution in [0.5, 0.6) is 11.5 Å². The summed E-state index contributed by atoms with van der Waals surface area (Å²) in [6.07, 6.45) is 0. The zero-order chi connectivity index (χ0) is 16.8. The highest BCUT2D eigenvalue weighted by Crippen LogP contribution is 2.32. The second-order valence-electron chi connectivity index (χ2n) is 6.64. The number of rotatable bonds is 1. The molecule has 23 heavy (non-hydrogen) atoms. The molecule has 2 N–H and O–H groups in total. The maximum absolute atomic E-state index is 12.4. The monoisotopic (exact) mass is 310 g/mol. The first kappa shape index (κ1) is 15.2. The van der Waals surface area contributed by atoms with Crippen LogP contribution < -0.4 is 5.43 Å². The van der Waals surface area contributed by atoms with Gasteiger partial charge in [0.05, 0.1) is 5.39 Å². The van der Waals surface area contributed by atoms with Gasteiger partial charge in [0.15, 0.2) is 16.9 Å². The molecule has 0 aliphatic heterocycles. The number of fused-ring (bicyclic) bond motifs is 1. The average Bonchev–Trinajstić information content (AvgIpc) is 2.48. The third-order valence-electron chi connectivity index (χ3n) is 3.85. The van der Waals surface area contributed by atoms with Crippen LogP contribution in [0.15, 0.2) is 51.7 Å². The molecule has 1 heterocycles. The molecule has 4 heteroatoms. The number of phenolic OH excluding ortho intramolecular Hbond substituents is 2. The Labute approximate surface area is 133 Å². The fourth-order valence-corrected chi connectivity index (χ4v) is 2.44. The zero-order valence-corrected chi connectivity index (χ0v) is 13.3. The van der Waals surface area contributed by atoms with E-state index >= 15 is 0 Å². The van der Waals surface area contributed by atoms with Crippen LogP contribution in [0.4, 0.5) is 0 Å². The molecule has 1 aromatic heterocycles. The van der Waals surface area contributed by atoms with Gasteiger partial charge in [0.2, 0.25) is 0 Å². The van der Waals surface area contributed by atoms with Gasteiger partial charge in [-0.2, -0.15) is 0 Å². The van der Waals surface area contributed by atoms with Crippen LogP contribution in [-0.4, -0.2) is 10.2 Å². The summed E-state index contributed by atoms with van der Waals surface area (Å²) < 4.78 is 5.80. The lowest BCUT2D eigenvalue weighted by Gasteiger charge is -2.19. The molecule has 0 amide bonds. The summed E-state index contributed by atoms with van der Waals surface area (Å²) >= 11 is 0. The van der Waals surface area contributed by atoms with Crippen molar-refractivity contribution in [2.75, 3.05) is 0 Å². The Kier molecular flexibility index (Phi) is 3.40. The first-order valence-electron chi connectivity index (χ1n) is 7.36. The van der Waals surface area contributed by atoms with Crippen molar-refractivity contribution in [3.8, 4) is 22.8 Å². The Morgan fingerprint density at radius 3 is 2.30 bits per heavy atom. The largest absolute Gasteiger partial charge is 0.504 e. The van der Waals surface area contributed by atoms with Crippen LogP contribution in [0, 0.1) is 0 Å². The third kappa shape index (κ3) is 2.80. The van der Waals surface area contributed by atoms with Gasteiger partial charge in [-0.05, 0) is 41.3 Å². The number of hydrogen-bond acceptors (Lipinski definition) is 4. The molecular weight excluding hydrogens is 292 g/mol. The molecule has 0 fully saturated rings. The van der Waals surface area contributed by atoms with Crippen molar-refractivity contribution in [1.29, 1.82) is 0 Å². The van der Waals surface area contributed by atoms with Gasteiger partial charge in [-0.3, -0.25) is 4.79 Å². The van der Waals surface area contributed by atoms with E-state index in [1.165, 1.54) is 18.2 Å². The van der Waals surface area contributed by atoms with E-state index in [9.17, 15) is 15.0 Å². The molecule has 0 radical (unpaired) electrons. The first-order chi connectivity index (χ1) is 10.8. The number of hydrogen-bond donors (Lipinski definition) is 2. The Morgan fingerprint density at radius 1 is 0.913 bits per heavy atom. The zero-order valence-electron chi connectivity index (χ0n) is 13.3. The smallest absolute Gasteiger partial charge is 0.193 e. The Hall–Kier alpha value is -2.75. The quantitative estimate of drug-likeness (QED) is 0.662. The number of phenols is 2. The van der Waals surface area contributed by atoms with Crippen LogP contribution in [0.1, 0.15) is 26.3 Å². The van der Waals surface area contributed by atoms with Gasteiger partial charge in [-0.15, -0.1) is 0 Å². The minimum atomic E-state index is -0.256. The van der Waals surface area contributed by atoms with Crippen molar-refractivity contribution < 1.29 is 14.6 Å². The molecule has 0 unspecified atom stereocenters. The van der Waals surface area contributed by atoms with Crippen molar-refractivity contribution in [2.24, 2.45) is 0 Å². The second-order valence-corrected chi connectivity index (χ2v) is 6.64. The first-order valence-corrected chi connectivity index (χ1v) is 7.36. The van der Waals surface area contributed by atoms with Crippen molar-refractivity contribution >= 4 is 11.0 Å². The van der Waals surface area contributed by atoms with E-state index in [0.29, 0.717) is 22.3 Å². The van der Waals surface area contributed by atoms with Crippen LogP contribution in [0.3, 0.4) is 0 Å². The van der Waals surface area contributed by atoms with E-state index < -0.39 is 0 Å². The predicted octanol–water partition coefficient (Wildman–Crippen LogP) is 4.17. The normalized spacial score (nSPS) is 11.8. The number of benzene rings is 2. The second kappa shape index (κ2) is 5.16. The standard InChI is InChI=1S/C19H18O4/c1-19(2,3)12-5-7-17-13(9-12)15(21)10-18(23-17)11-4-6-14(20)16(22)8-11/h4-10,20,22H,1-3H3. The molecule has 0 aliphatic carbocycles. The summed E-state index contributed by atoms with van der Waals surface area (Å²) in [5, 5.41) is 19.5. The lowest BCUT2D eigenvalue weighted by Crippen LogP contribution is -2.12. The highest BCUT2D eigenvalue weighted by atomic mass is 16.3. The summed E-state index contributed by atoms with van der Waals surface area (Å²) in [6, 6.07) is 11.3. The van der Waals surface area contributed by atoms with Crippen LogP contribution in [0.2, 0.25) is 0 Å². The van der Waals surface area contributed by atoms with E-state index in [1.54, 1.807) is 12.1 Å². The SMILES string of the molecule is CC(C)(C)c1ccc2oc(-c3ccc(O)c(O)c3)cc(=O)c2c1. The third-order valence-corrected chi connectivity index (χ3v) is 3.85. The molecule has 3 aromatic rings. The van der Waals surface area contributed by atoms with E-state index in [1.807, 2.05) is 12.1 Å². The molecule has 0 atom stereocenters. The molecule has 0 saturated heterocycles. The molecule has 2 aromatic carbocycles. The molecule has 118 valence electrons. The van der Waals surface area contributed by atoms with Gasteiger partial charge in [-0.25, -0.2) is 0 Å². The average molecular weight is 310 g/mol. The van der Waals surface area contributed by atoms with Crippen molar-refractivity contribution in [3.63, 3.8) is 0 Å². The Bertz CT molecular complexity index is 946. The van der Waals surface area contributed by atoms with Crippen LogP contribution in [0.25, 0.3) is 22.3 Å². The molecular formula is C19H18O4. The molecule has 0 bridgehead atoms. The highest BCUT2D eigenvalue weighted by Gasteiger charge is 2.16. The van der Waals surface area contributed by atoms with E-state index in [2.05, 4.69) is 20.8 Å². The number of aromatic hydroxyl groups is 2. The Balaban J connectivity index is 2.19. The van der Waals surface area contributed by atoms with E-state index in [0.717, 1.165) is 5.56 Å². The summed E-state index contributed by atoms with van der Waals surface area (Å²) in [6.45, 7) is 6.26. The topological polar surface area (TPSA) is 70.7 Å². The predicted molar refractivity (Wildman–Crippen MR) is 89.9 cm³/mol. The van der Waals surface area contributed by atoms with Gasteiger partial charge in [0.25, 0.3) is 0 Å². The fraction of sp³-hybridized carbons (Fsp3) is 0.211. The maximum Gasteiger partial charge on any atom is 0.193 e. The maximum atomic E-state index is 12.4. The molecule has 0 aliphatic rings. The van der Waals surface area contributed by atoms with Crippen LogP contribution >= 0.6 is 0 Å². The summed E-state index contributed by atoms with van der Waals surface area (Å²) in [5.74, 6) is -0.124. The van der Waals surface area contributed by atoms with Crippen LogP contribution in [-0.2, 0) is 5.41 Å². The van der Waals surface area contributed by atoms with Gasteiger partial charge in [0.1, 0.15) is 11.3 Å². The molecule has 0 saturated carbocycles.